The fraction of sp³-hybridized carbons (Fsp3) is 0.943. The number of ether oxygens (including phenoxy) is 1. The van der Waals surface area contributed by atoms with E-state index in [0.29, 0.717) is 0 Å². The molecule has 0 aliphatic rings. The first kappa shape index (κ1) is 36.5. The molecule has 0 saturated carbocycles. The predicted molar refractivity (Wildman–Crippen MR) is 166 cm³/mol. The van der Waals surface area contributed by atoms with Gasteiger partial charge >= 0.3 is 0 Å². The average molecular weight is 523 g/mol. The Morgan fingerprint density at radius 2 is 0.811 bits per heavy atom. The van der Waals surface area contributed by atoms with Gasteiger partial charge in [-0.2, -0.15) is 0 Å². The van der Waals surface area contributed by atoms with Crippen LogP contribution in [0.25, 0.3) is 0 Å². The van der Waals surface area contributed by atoms with Gasteiger partial charge in [0.15, 0.2) is 0 Å². The molecule has 0 aromatic rings. The summed E-state index contributed by atoms with van der Waals surface area (Å²) in [6, 6.07) is 0. The fourth-order valence-corrected chi connectivity index (χ4v) is 5.84. The van der Waals surface area contributed by atoms with E-state index in [4.69, 9.17) is 4.74 Å². The maximum Gasteiger partial charge on any atom is 0.209 e. The van der Waals surface area contributed by atoms with E-state index >= 15 is 0 Å². The lowest BCUT2D eigenvalue weighted by Gasteiger charge is -2.36. The maximum atomic E-state index is 11.6. The van der Waals surface area contributed by atoms with Gasteiger partial charge in [0, 0.05) is 12.3 Å². The monoisotopic (exact) mass is 523 g/mol. The summed E-state index contributed by atoms with van der Waals surface area (Å²) >= 11 is 0. The highest BCUT2D eigenvalue weighted by Gasteiger charge is 2.36. The smallest absolute Gasteiger partial charge is 0.209 e. The molecule has 2 unspecified atom stereocenters. The molecular weight excluding hydrogens is 452 g/mol. The van der Waals surface area contributed by atoms with E-state index in [1.54, 1.807) is 0 Å². The molecule has 222 valence electrons. The molecule has 0 aliphatic carbocycles. The molecule has 0 bridgehead atoms. The van der Waals surface area contributed by atoms with Crippen LogP contribution in [-0.2, 0) is 4.74 Å². The van der Waals surface area contributed by atoms with Crippen molar-refractivity contribution in [3.05, 3.63) is 12.8 Å². The first-order chi connectivity index (χ1) is 18.1. The van der Waals surface area contributed by atoms with Gasteiger partial charge in [-0.1, -0.05) is 181 Å². The fourth-order valence-electron chi connectivity index (χ4n) is 5.84. The van der Waals surface area contributed by atoms with Gasteiger partial charge in [0.25, 0.3) is 0 Å². The van der Waals surface area contributed by atoms with Gasteiger partial charge in [0.2, 0.25) is 5.79 Å². The Morgan fingerprint density at radius 3 is 1.14 bits per heavy atom. The molecule has 1 N–H and O–H groups in total. The van der Waals surface area contributed by atoms with Crippen molar-refractivity contribution in [2.75, 3.05) is 0 Å². The lowest BCUT2D eigenvalue weighted by Crippen LogP contribution is -2.39. The third kappa shape index (κ3) is 23.1. The second kappa shape index (κ2) is 28.5. The van der Waals surface area contributed by atoms with Gasteiger partial charge in [-0.05, 0) is 19.3 Å². The van der Waals surface area contributed by atoms with Crippen LogP contribution >= 0.6 is 0 Å². The van der Waals surface area contributed by atoms with Crippen LogP contribution in [-0.4, -0.2) is 10.9 Å². The third-order valence-electron chi connectivity index (χ3n) is 8.38. The Kier molecular flexibility index (Phi) is 28.1. The van der Waals surface area contributed by atoms with E-state index in [1.807, 2.05) is 0 Å². The normalized spacial score (nSPS) is 13.9. The minimum absolute atomic E-state index is 0.236. The number of hydrogen-bond acceptors (Lipinski definition) is 2. The highest BCUT2D eigenvalue weighted by Crippen LogP contribution is 2.34. The molecule has 0 aromatic heterocycles. The molecule has 0 fully saturated rings. The van der Waals surface area contributed by atoms with Crippen LogP contribution in [0.2, 0.25) is 0 Å². The topological polar surface area (TPSA) is 29.5 Å². The van der Waals surface area contributed by atoms with Crippen molar-refractivity contribution in [1.29, 1.82) is 0 Å². The molecule has 0 amide bonds. The number of rotatable bonds is 31. The van der Waals surface area contributed by atoms with Crippen LogP contribution in [0.4, 0.5) is 0 Å². The van der Waals surface area contributed by atoms with Gasteiger partial charge in [0.1, 0.15) is 0 Å². The zero-order valence-corrected chi connectivity index (χ0v) is 26.0. The van der Waals surface area contributed by atoms with Crippen molar-refractivity contribution in [1.82, 2.24) is 0 Å². The van der Waals surface area contributed by atoms with Crippen molar-refractivity contribution >= 4 is 0 Å². The standard InChI is InChI=1S/C35H70O2/c1-5-9-12-15-17-19-20-21-22-23-26-29-32-34(31-28-25-14-11-7-3)35(36,37-8-4)33-30-27-24-18-16-13-10-6-2/h8,34,36H,4-7,9-33H2,1-3H3. The van der Waals surface area contributed by atoms with Crippen LogP contribution in [0.5, 0.6) is 0 Å². The molecule has 0 aromatic carbocycles. The molecule has 2 nitrogen and oxygen atoms in total. The molecule has 0 heterocycles. The minimum atomic E-state index is -1.02. The van der Waals surface area contributed by atoms with Crippen LogP contribution in [0.15, 0.2) is 12.8 Å². The van der Waals surface area contributed by atoms with Crippen LogP contribution in [0.1, 0.15) is 201 Å². The summed E-state index contributed by atoms with van der Waals surface area (Å²) in [5.41, 5.74) is 0. The van der Waals surface area contributed by atoms with Gasteiger partial charge in [0.05, 0.1) is 6.26 Å². The summed E-state index contributed by atoms with van der Waals surface area (Å²) in [6.07, 6.45) is 37.7. The average Bonchev–Trinajstić information content (AvgIpc) is 2.89. The van der Waals surface area contributed by atoms with Crippen molar-refractivity contribution in [3.8, 4) is 0 Å². The van der Waals surface area contributed by atoms with E-state index in [0.717, 1.165) is 25.7 Å². The molecular formula is C35H70O2. The van der Waals surface area contributed by atoms with Crippen molar-refractivity contribution < 1.29 is 9.84 Å². The molecule has 0 aliphatic heterocycles. The second-order valence-corrected chi connectivity index (χ2v) is 11.9. The molecule has 0 radical (unpaired) electrons. The van der Waals surface area contributed by atoms with Gasteiger partial charge < -0.3 is 9.84 Å². The Balaban J connectivity index is 4.39. The summed E-state index contributed by atoms with van der Waals surface area (Å²) in [5.74, 6) is -0.785. The zero-order valence-electron chi connectivity index (χ0n) is 26.0. The Labute approximate surface area is 234 Å². The summed E-state index contributed by atoms with van der Waals surface area (Å²) in [4.78, 5) is 0. The number of unbranched alkanes of at least 4 members (excludes halogenated alkanes) is 22. The zero-order chi connectivity index (χ0) is 27.3. The Morgan fingerprint density at radius 1 is 0.514 bits per heavy atom. The molecule has 37 heavy (non-hydrogen) atoms. The highest BCUT2D eigenvalue weighted by atomic mass is 16.6. The Bertz CT molecular complexity index is 449. The SMILES string of the molecule is C=COC(O)(CCCCCCCCCC)C(CCCCCCC)CCCCCCCCCCCCCC. The first-order valence-corrected chi connectivity index (χ1v) is 17.2. The predicted octanol–water partition coefficient (Wildman–Crippen LogP) is 12.4. The van der Waals surface area contributed by atoms with E-state index < -0.39 is 5.79 Å². The minimum Gasteiger partial charge on any atom is -0.470 e. The Hall–Kier alpha value is -0.500. The van der Waals surface area contributed by atoms with Crippen molar-refractivity contribution in [3.63, 3.8) is 0 Å². The van der Waals surface area contributed by atoms with Crippen LogP contribution in [0, 0.1) is 5.92 Å². The highest BCUT2D eigenvalue weighted by molar-refractivity contribution is 4.81. The quantitative estimate of drug-likeness (QED) is 0.0557. The van der Waals surface area contributed by atoms with Gasteiger partial charge in [-0.3, -0.25) is 0 Å². The third-order valence-corrected chi connectivity index (χ3v) is 8.38. The van der Waals surface area contributed by atoms with Gasteiger partial charge in [-0.25, -0.2) is 0 Å². The lowest BCUT2D eigenvalue weighted by atomic mass is 9.84. The second-order valence-electron chi connectivity index (χ2n) is 11.9. The number of hydrogen-bond donors (Lipinski definition) is 1. The summed E-state index contributed by atoms with van der Waals surface area (Å²) in [7, 11) is 0. The molecule has 2 heteroatoms. The largest absolute Gasteiger partial charge is 0.470 e. The van der Waals surface area contributed by atoms with Crippen molar-refractivity contribution in [2.24, 2.45) is 5.92 Å². The van der Waals surface area contributed by atoms with Crippen molar-refractivity contribution in [2.45, 2.75) is 206 Å². The van der Waals surface area contributed by atoms with Gasteiger partial charge in [-0.15, -0.1) is 0 Å². The van der Waals surface area contributed by atoms with Crippen LogP contribution < -0.4 is 0 Å². The van der Waals surface area contributed by atoms with E-state index in [1.165, 1.54) is 160 Å². The maximum absolute atomic E-state index is 11.6. The van der Waals surface area contributed by atoms with E-state index in [2.05, 4.69) is 27.4 Å². The molecule has 0 spiro atoms. The van der Waals surface area contributed by atoms with Crippen LogP contribution in [0.3, 0.4) is 0 Å². The summed E-state index contributed by atoms with van der Waals surface area (Å²) < 4.78 is 5.91. The first-order valence-electron chi connectivity index (χ1n) is 17.2. The number of aliphatic hydroxyl groups is 1. The molecule has 0 rings (SSSR count). The molecule has 0 saturated heterocycles. The summed E-state index contributed by atoms with van der Waals surface area (Å²) in [5, 5.41) is 11.6. The summed E-state index contributed by atoms with van der Waals surface area (Å²) in [6.45, 7) is 10.7. The van der Waals surface area contributed by atoms with E-state index in [-0.39, 0.29) is 5.92 Å². The van der Waals surface area contributed by atoms with E-state index in [9.17, 15) is 5.11 Å². The molecule has 2 atom stereocenters. The lowest BCUT2D eigenvalue weighted by molar-refractivity contribution is -0.213.